The lowest BCUT2D eigenvalue weighted by molar-refractivity contribution is -0.253. The number of nitrogens with zero attached hydrogens (tertiary/aromatic N) is 2. The summed E-state index contributed by atoms with van der Waals surface area (Å²) >= 11 is 0. The summed E-state index contributed by atoms with van der Waals surface area (Å²) in [5.41, 5.74) is 2.57. The molecule has 4 rings (SSSR count). The van der Waals surface area contributed by atoms with Crippen molar-refractivity contribution < 1.29 is 43.6 Å². The van der Waals surface area contributed by atoms with Crippen molar-refractivity contribution >= 4 is 17.9 Å². The number of allylic oxidation sites excluding steroid dienone is 1. The van der Waals surface area contributed by atoms with Gasteiger partial charge >= 0.3 is 12.2 Å². The van der Waals surface area contributed by atoms with Crippen molar-refractivity contribution in [1.82, 2.24) is 10.2 Å². The lowest BCUT2D eigenvalue weighted by Gasteiger charge is -2.59. The van der Waals surface area contributed by atoms with Gasteiger partial charge in [0.2, 0.25) is 5.79 Å². The molecule has 0 radical (unpaired) electrons. The number of oxime groups is 1. The molecule has 6 atom stereocenters. The van der Waals surface area contributed by atoms with Gasteiger partial charge in [0.05, 0.1) is 24.8 Å². The molecule has 2 amide bonds. The van der Waals surface area contributed by atoms with Crippen molar-refractivity contribution in [2.45, 2.75) is 212 Å². The second-order valence-electron chi connectivity index (χ2n) is 19.6. The number of fused-ring (bicyclic) bond motifs is 2. The van der Waals surface area contributed by atoms with Gasteiger partial charge in [-0.1, -0.05) is 160 Å². The number of hydrogen-bond acceptors (Lipinski definition) is 10. The summed E-state index contributed by atoms with van der Waals surface area (Å²) in [5, 5.41) is 27.5. The van der Waals surface area contributed by atoms with Crippen LogP contribution in [0.2, 0.25) is 0 Å². The van der Waals surface area contributed by atoms with Crippen LogP contribution in [0.4, 0.5) is 9.59 Å². The van der Waals surface area contributed by atoms with Gasteiger partial charge < -0.3 is 44.2 Å². The first-order chi connectivity index (χ1) is 33.3. The fraction of sp³-hybridized carbons (Fsp3) is 0.768. The molecule has 0 spiro atoms. The monoisotopic (exact) mass is 952 g/mol. The van der Waals surface area contributed by atoms with Gasteiger partial charge in [0.1, 0.15) is 24.1 Å². The number of aliphatic hydroxyl groups excluding tert-OH is 2. The van der Waals surface area contributed by atoms with Gasteiger partial charge in [-0.3, -0.25) is 0 Å². The zero-order valence-electron chi connectivity index (χ0n) is 43.0. The largest absolute Gasteiger partial charge is 0.459 e. The van der Waals surface area contributed by atoms with E-state index in [1.165, 1.54) is 96.3 Å². The molecule has 1 aliphatic heterocycles. The highest BCUT2D eigenvalue weighted by atomic mass is 16.7. The van der Waals surface area contributed by atoms with Crippen molar-refractivity contribution in [1.29, 1.82) is 0 Å². The Labute approximate surface area is 411 Å². The topological polar surface area (TPSA) is 148 Å². The van der Waals surface area contributed by atoms with E-state index in [0.717, 1.165) is 74.6 Å². The van der Waals surface area contributed by atoms with Crippen molar-refractivity contribution in [3.8, 4) is 11.5 Å². The Morgan fingerprint density at radius 1 is 0.824 bits per heavy atom. The molecule has 68 heavy (non-hydrogen) atoms. The number of nitrogens with one attached hydrogen (secondary N) is 1. The van der Waals surface area contributed by atoms with Crippen LogP contribution in [-0.4, -0.2) is 91.5 Å². The molecular weight excluding hydrogens is 859 g/mol. The lowest BCUT2D eigenvalue weighted by atomic mass is 9.55. The number of likely N-dealkylation sites (N-methyl/N-ethyl adjacent to an activating group) is 1. The van der Waals surface area contributed by atoms with Crippen LogP contribution < -0.4 is 14.8 Å². The number of carbonyl (C=O) groups excluding carboxylic acids is 2. The summed E-state index contributed by atoms with van der Waals surface area (Å²) in [6.07, 6.45) is 32.1. The third-order valence-corrected chi connectivity index (χ3v) is 14.4. The van der Waals surface area contributed by atoms with E-state index in [1.54, 1.807) is 24.1 Å². The first kappa shape index (κ1) is 57.0. The van der Waals surface area contributed by atoms with Gasteiger partial charge in [-0.05, 0) is 81.1 Å². The molecule has 3 N–H and O–H groups in total. The molecule has 6 unspecified atom stereocenters. The smallest absolute Gasteiger partial charge is 0.412 e. The molecule has 0 aromatic heterocycles. The van der Waals surface area contributed by atoms with Crippen molar-refractivity contribution in [3.63, 3.8) is 0 Å². The number of ether oxygens (including phenoxy) is 4. The van der Waals surface area contributed by atoms with Gasteiger partial charge in [-0.15, -0.1) is 6.58 Å². The van der Waals surface area contributed by atoms with E-state index >= 15 is 0 Å². The van der Waals surface area contributed by atoms with Crippen LogP contribution in [0.15, 0.2) is 47.7 Å². The number of aliphatic hydroxyl groups is 2. The second kappa shape index (κ2) is 33.1. The summed E-state index contributed by atoms with van der Waals surface area (Å²) in [7, 11) is 1.76. The number of rotatable bonds is 37. The van der Waals surface area contributed by atoms with E-state index in [4.69, 9.17) is 28.9 Å². The summed E-state index contributed by atoms with van der Waals surface area (Å²) in [6.45, 7) is 12.0. The van der Waals surface area contributed by atoms with E-state index in [9.17, 15) is 19.8 Å². The van der Waals surface area contributed by atoms with Gasteiger partial charge in [0.25, 0.3) is 0 Å². The van der Waals surface area contributed by atoms with Crippen LogP contribution in [0.3, 0.4) is 0 Å². The second-order valence-corrected chi connectivity index (χ2v) is 19.6. The third kappa shape index (κ3) is 17.7. The van der Waals surface area contributed by atoms with Crippen LogP contribution in [0.25, 0.3) is 0 Å². The highest BCUT2D eigenvalue weighted by molar-refractivity contribution is 6.03. The normalized spacial score (nSPS) is 22.1. The number of unbranched alkanes of at least 4 members (excludes halogenated alkanes) is 20. The van der Waals surface area contributed by atoms with Gasteiger partial charge in [-0.25, -0.2) is 9.59 Å². The Balaban J connectivity index is 1.62. The minimum atomic E-state index is -1.38. The summed E-state index contributed by atoms with van der Waals surface area (Å²) in [5.74, 6) is -0.932. The molecule has 386 valence electrons. The highest BCUT2D eigenvalue weighted by Crippen LogP contribution is 2.61. The van der Waals surface area contributed by atoms with Crippen molar-refractivity contribution in [2.75, 3.05) is 46.6 Å². The molecule has 1 saturated carbocycles. The molecule has 1 heterocycles. The van der Waals surface area contributed by atoms with E-state index in [2.05, 4.69) is 31.8 Å². The quantitative estimate of drug-likeness (QED) is 0.0337. The number of benzene rings is 1. The Morgan fingerprint density at radius 3 is 2.03 bits per heavy atom. The number of carbonyl (C=O) groups is 2. The Hall–Kier alpha value is -3.61. The Bertz CT molecular complexity index is 1650. The standard InChI is InChI=1S/C56H93N3O9/c1-6-10-12-14-16-18-20-22-24-28-36-57-54(62)67-45-34-35-50-48(42-45)52-46(33-27-30-38-61)44(32-26-29-37-60)41-47-49(58-66-9-4)43-51(56(68-50,53(47)52)65-39-8-3)59(5)55(63)64-40-31-25-23-21-19-17-15-13-11-7-2/h8,34-35,41-42,44,46,51-53,60-61H,3,6-7,9-33,36-40,43H2,1-2,4-5H3,(H,57,62). The summed E-state index contributed by atoms with van der Waals surface area (Å²) in [6, 6.07) is 4.90. The molecule has 12 nitrogen and oxygen atoms in total. The molecule has 1 fully saturated rings. The zero-order chi connectivity index (χ0) is 48.8. The van der Waals surface area contributed by atoms with E-state index in [-0.39, 0.29) is 37.6 Å². The first-order valence-corrected chi connectivity index (χ1v) is 27.4. The predicted octanol–water partition coefficient (Wildman–Crippen LogP) is 13.3. The minimum Gasteiger partial charge on any atom is -0.459 e. The maximum Gasteiger partial charge on any atom is 0.412 e. The van der Waals surface area contributed by atoms with Crippen LogP contribution >= 0.6 is 0 Å². The predicted molar refractivity (Wildman–Crippen MR) is 273 cm³/mol. The maximum absolute atomic E-state index is 14.2. The lowest BCUT2D eigenvalue weighted by Crippen LogP contribution is -2.69. The van der Waals surface area contributed by atoms with Crippen LogP contribution in [0.1, 0.15) is 206 Å². The molecule has 1 aromatic rings. The average Bonchev–Trinajstić information content (AvgIpc) is 3.34. The van der Waals surface area contributed by atoms with Crippen LogP contribution in [-0.2, 0) is 14.3 Å². The Morgan fingerprint density at radius 2 is 1.43 bits per heavy atom. The maximum atomic E-state index is 14.2. The highest BCUT2D eigenvalue weighted by Gasteiger charge is 2.65. The van der Waals surface area contributed by atoms with E-state index in [0.29, 0.717) is 50.5 Å². The fourth-order valence-corrected chi connectivity index (χ4v) is 10.9. The molecule has 12 heteroatoms. The van der Waals surface area contributed by atoms with Gasteiger partial charge in [0, 0.05) is 44.7 Å². The number of hydrogen-bond donors (Lipinski definition) is 3. The average molecular weight is 952 g/mol. The zero-order valence-corrected chi connectivity index (χ0v) is 43.0. The summed E-state index contributed by atoms with van der Waals surface area (Å²) in [4.78, 5) is 34.9. The van der Waals surface area contributed by atoms with Gasteiger partial charge in [-0.2, -0.15) is 0 Å². The van der Waals surface area contributed by atoms with Crippen molar-refractivity contribution in [2.24, 2.45) is 22.9 Å². The van der Waals surface area contributed by atoms with Crippen LogP contribution in [0, 0.1) is 17.8 Å². The number of amides is 2. The summed E-state index contributed by atoms with van der Waals surface area (Å²) < 4.78 is 26.2. The third-order valence-electron chi connectivity index (χ3n) is 14.4. The molecular formula is C56H93N3O9. The minimum absolute atomic E-state index is 0.0458. The van der Waals surface area contributed by atoms with E-state index in [1.807, 2.05) is 19.1 Å². The first-order valence-electron chi connectivity index (χ1n) is 27.4. The Kier molecular flexibility index (Phi) is 27.7. The molecule has 3 aliphatic rings. The molecule has 0 saturated heterocycles. The molecule has 1 aromatic carbocycles. The SMILES string of the molecule is C=CCOC12Oc3ccc(OC(=O)NCCCCCCCCCCCC)cc3C3C(CCCCO)C(CCCCO)C=C(C(=NOCC)CC1N(C)C(=O)OCCCCCCCCCCCC)C32. The van der Waals surface area contributed by atoms with Crippen molar-refractivity contribution in [3.05, 3.63) is 48.1 Å². The fourth-order valence-electron chi connectivity index (χ4n) is 10.9. The van der Waals surface area contributed by atoms with E-state index < -0.39 is 29.9 Å². The molecule has 2 aliphatic carbocycles. The van der Waals surface area contributed by atoms with Gasteiger partial charge in [0.15, 0.2) is 0 Å². The molecule has 0 bridgehead atoms. The van der Waals surface area contributed by atoms with Crippen LogP contribution in [0.5, 0.6) is 11.5 Å².